The van der Waals surface area contributed by atoms with Gasteiger partial charge >= 0.3 is 5.97 Å². The molecule has 2 heterocycles. The molecule has 1 amide bonds. The number of halogens is 1. The van der Waals surface area contributed by atoms with Crippen molar-refractivity contribution in [2.75, 3.05) is 5.32 Å². The monoisotopic (exact) mass is 395 g/mol. The quantitative estimate of drug-likeness (QED) is 0.598. The summed E-state index contributed by atoms with van der Waals surface area (Å²) in [5.41, 5.74) is 0. The largest absolute Gasteiger partial charge is 0.450 e. The molecule has 24 heavy (non-hydrogen) atoms. The maximum atomic E-state index is 12.1. The average Bonchev–Trinajstić information content (AvgIpc) is 3.14. The summed E-state index contributed by atoms with van der Waals surface area (Å²) < 4.78 is 12.5. The van der Waals surface area contributed by atoms with Crippen molar-refractivity contribution in [3.63, 3.8) is 0 Å². The number of furan rings is 1. The van der Waals surface area contributed by atoms with Crippen molar-refractivity contribution in [1.29, 1.82) is 0 Å². The van der Waals surface area contributed by atoms with Crippen molar-refractivity contribution in [2.24, 2.45) is 0 Å². The molecule has 0 radical (unpaired) electrons. The number of carbonyl (C=O) groups excluding carboxylic acids is 2. The van der Waals surface area contributed by atoms with Crippen LogP contribution in [0.4, 0.5) is 5.82 Å². The Balaban J connectivity index is 1.90. The van der Waals surface area contributed by atoms with Gasteiger partial charge in [-0.05, 0) is 54.9 Å². The zero-order chi connectivity index (χ0) is 17.7. The molecule has 0 saturated carbocycles. The zero-order valence-electron chi connectivity index (χ0n) is 13.5. The van der Waals surface area contributed by atoms with Crippen LogP contribution in [0.2, 0.25) is 0 Å². The lowest BCUT2D eigenvalue weighted by molar-refractivity contribution is -0.148. The van der Waals surface area contributed by atoms with Gasteiger partial charge in [0.15, 0.2) is 10.8 Å². The average molecular weight is 396 g/mol. The minimum Gasteiger partial charge on any atom is -0.450 e. The fourth-order valence-corrected chi connectivity index (χ4v) is 2.21. The molecular formula is C16H18BrN3O4. The lowest BCUT2D eigenvalue weighted by Crippen LogP contribution is -2.30. The molecule has 0 unspecified atom stereocenters. The minimum atomic E-state index is -0.944. The van der Waals surface area contributed by atoms with Crippen LogP contribution in [-0.4, -0.2) is 27.8 Å². The molecular weight excluding hydrogens is 378 g/mol. The van der Waals surface area contributed by atoms with Gasteiger partial charge in [0.05, 0.1) is 6.20 Å². The first-order valence-electron chi connectivity index (χ1n) is 7.35. The van der Waals surface area contributed by atoms with E-state index in [0.29, 0.717) is 16.2 Å². The summed E-state index contributed by atoms with van der Waals surface area (Å²) in [5, 5.41) is 6.81. The molecule has 8 heteroatoms. The third kappa shape index (κ3) is 4.82. The maximum Gasteiger partial charge on any atom is 0.331 e. The Hall–Kier alpha value is -2.35. The van der Waals surface area contributed by atoms with Crippen LogP contribution < -0.4 is 5.32 Å². The third-order valence-electron chi connectivity index (χ3n) is 3.05. The van der Waals surface area contributed by atoms with Gasteiger partial charge in [-0.2, -0.15) is 5.10 Å². The molecule has 0 aromatic carbocycles. The zero-order valence-corrected chi connectivity index (χ0v) is 15.1. The second kappa shape index (κ2) is 7.96. The summed E-state index contributed by atoms with van der Waals surface area (Å²) in [6.07, 6.45) is 3.32. The molecule has 2 aromatic heterocycles. The van der Waals surface area contributed by atoms with E-state index in [1.807, 2.05) is 13.8 Å². The number of hydrogen-bond donors (Lipinski definition) is 1. The summed E-state index contributed by atoms with van der Waals surface area (Å²) >= 11 is 3.17. The van der Waals surface area contributed by atoms with Crippen LogP contribution in [0.5, 0.6) is 0 Å². The molecule has 0 bridgehead atoms. The topological polar surface area (TPSA) is 86.4 Å². The summed E-state index contributed by atoms with van der Waals surface area (Å²) in [6, 6.07) is 5.18. The Morgan fingerprint density at radius 1 is 1.33 bits per heavy atom. The fourth-order valence-electron chi connectivity index (χ4n) is 1.89. The van der Waals surface area contributed by atoms with Gasteiger partial charge in [0.25, 0.3) is 5.91 Å². The number of nitrogens with zero attached hydrogens (tertiary/aromatic N) is 2. The number of hydrogen-bond acceptors (Lipinski definition) is 5. The number of aromatic nitrogens is 2. The van der Waals surface area contributed by atoms with Crippen molar-refractivity contribution < 1.29 is 18.7 Å². The second-order valence-corrected chi connectivity index (χ2v) is 6.08. The lowest BCUT2D eigenvalue weighted by Gasteiger charge is -2.15. The van der Waals surface area contributed by atoms with E-state index in [0.717, 1.165) is 0 Å². The molecule has 0 saturated heterocycles. The first kappa shape index (κ1) is 18.0. The number of ether oxygens (including phenoxy) is 1. The van der Waals surface area contributed by atoms with Crippen LogP contribution in [0.25, 0.3) is 6.08 Å². The SMILES string of the molecule is CC(C)n1nccc1NC(=O)[C@H](C)OC(=O)/C=C/c1ccc(Br)o1. The summed E-state index contributed by atoms with van der Waals surface area (Å²) in [7, 11) is 0. The molecule has 0 aliphatic carbocycles. The van der Waals surface area contributed by atoms with Crippen LogP contribution >= 0.6 is 15.9 Å². The summed E-state index contributed by atoms with van der Waals surface area (Å²) in [6.45, 7) is 5.40. The molecule has 0 spiro atoms. The van der Waals surface area contributed by atoms with E-state index in [1.165, 1.54) is 19.1 Å². The van der Waals surface area contributed by atoms with E-state index < -0.39 is 18.0 Å². The Labute approximate surface area is 147 Å². The number of amides is 1. The third-order valence-corrected chi connectivity index (χ3v) is 3.48. The van der Waals surface area contributed by atoms with E-state index >= 15 is 0 Å². The molecule has 1 N–H and O–H groups in total. The van der Waals surface area contributed by atoms with Crippen LogP contribution in [0.1, 0.15) is 32.6 Å². The minimum absolute atomic E-state index is 0.101. The lowest BCUT2D eigenvalue weighted by atomic mass is 10.3. The Morgan fingerprint density at radius 2 is 2.08 bits per heavy atom. The Bertz CT molecular complexity index is 748. The molecule has 7 nitrogen and oxygen atoms in total. The standard InChI is InChI=1S/C16H18BrN3O4/c1-10(2)20-14(8-9-18-20)19-16(22)11(3)23-15(21)7-5-12-4-6-13(17)24-12/h4-11H,1-3H3,(H,19,22)/b7-5+/t11-/m0/s1. The summed E-state index contributed by atoms with van der Waals surface area (Å²) in [5.74, 6) is -0.0203. The van der Waals surface area contributed by atoms with E-state index in [-0.39, 0.29) is 6.04 Å². The predicted molar refractivity (Wildman–Crippen MR) is 92.2 cm³/mol. The van der Waals surface area contributed by atoms with Gasteiger partial charge in [-0.25, -0.2) is 9.48 Å². The predicted octanol–water partition coefficient (Wildman–Crippen LogP) is 3.40. The number of esters is 1. The van der Waals surface area contributed by atoms with Crippen molar-refractivity contribution in [1.82, 2.24) is 9.78 Å². The molecule has 0 aliphatic rings. The normalized spacial score (nSPS) is 12.5. The van der Waals surface area contributed by atoms with Crippen molar-refractivity contribution in [3.8, 4) is 0 Å². The molecule has 1 atom stereocenters. The molecule has 2 aromatic rings. The van der Waals surface area contributed by atoms with Crippen LogP contribution in [0.15, 0.2) is 39.6 Å². The fraction of sp³-hybridized carbons (Fsp3) is 0.312. The number of nitrogens with one attached hydrogen (secondary N) is 1. The van der Waals surface area contributed by atoms with Crippen LogP contribution in [0, 0.1) is 0 Å². The van der Waals surface area contributed by atoms with Gasteiger partial charge in [-0.15, -0.1) is 0 Å². The van der Waals surface area contributed by atoms with Gasteiger partial charge in [-0.1, -0.05) is 0 Å². The first-order valence-corrected chi connectivity index (χ1v) is 8.14. The molecule has 2 rings (SSSR count). The smallest absolute Gasteiger partial charge is 0.331 e. The van der Waals surface area contributed by atoms with Gasteiger partial charge in [0, 0.05) is 18.2 Å². The van der Waals surface area contributed by atoms with Crippen molar-refractivity contribution in [2.45, 2.75) is 32.9 Å². The van der Waals surface area contributed by atoms with Gasteiger partial charge in [0.1, 0.15) is 11.6 Å². The highest BCUT2D eigenvalue weighted by molar-refractivity contribution is 9.10. The van der Waals surface area contributed by atoms with Gasteiger partial charge < -0.3 is 14.5 Å². The van der Waals surface area contributed by atoms with E-state index in [4.69, 9.17) is 9.15 Å². The Morgan fingerprint density at radius 3 is 2.71 bits per heavy atom. The van der Waals surface area contributed by atoms with Gasteiger partial charge in [-0.3, -0.25) is 4.79 Å². The van der Waals surface area contributed by atoms with E-state index in [2.05, 4.69) is 26.3 Å². The van der Waals surface area contributed by atoms with Gasteiger partial charge in [0.2, 0.25) is 0 Å². The highest BCUT2D eigenvalue weighted by Crippen LogP contribution is 2.15. The molecule has 0 aliphatic heterocycles. The number of anilines is 1. The maximum absolute atomic E-state index is 12.1. The highest BCUT2D eigenvalue weighted by atomic mass is 79.9. The second-order valence-electron chi connectivity index (χ2n) is 5.30. The van der Waals surface area contributed by atoms with Crippen LogP contribution in [-0.2, 0) is 14.3 Å². The van der Waals surface area contributed by atoms with Crippen molar-refractivity contribution in [3.05, 3.63) is 40.9 Å². The van der Waals surface area contributed by atoms with Crippen molar-refractivity contribution >= 4 is 39.7 Å². The molecule has 128 valence electrons. The van der Waals surface area contributed by atoms with Crippen LogP contribution in [0.3, 0.4) is 0 Å². The number of rotatable bonds is 6. The van der Waals surface area contributed by atoms with E-state index in [1.54, 1.807) is 29.1 Å². The molecule has 0 fully saturated rings. The summed E-state index contributed by atoms with van der Waals surface area (Å²) in [4.78, 5) is 23.9. The first-order chi connectivity index (χ1) is 11.4. The highest BCUT2D eigenvalue weighted by Gasteiger charge is 2.18. The Kier molecular flexibility index (Phi) is 5.97. The number of carbonyl (C=O) groups is 2. The van der Waals surface area contributed by atoms with E-state index in [9.17, 15) is 9.59 Å².